The first-order chi connectivity index (χ1) is 10.1. The van der Waals surface area contributed by atoms with E-state index in [4.69, 9.17) is 15.9 Å². The minimum Gasteiger partial charge on any atom is -0.489 e. The van der Waals surface area contributed by atoms with Gasteiger partial charge in [-0.2, -0.15) is 0 Å². The largest absolute Gasteiger partial charge is 0.489 e. The zero-order valence-electron chi connectivity index (χ0n) is 12.1. The molecule has 0 aliphatic rings. The fourth-order valence-corrected chi connectivity index (χ4v) is 2.44. The van der Waals surface area contributed by atoms with Gasteiger partial charge < -0.3 is 10.5 Å². The molecule has 0 aromatic heterocycles. The molecule has 0 aliphatic heterocycles. The molecule has 0 atom stereocenters. The summed E-state index contributed by atoms with van der Waals surface area (Å²) in [6.45, 7) is 2.66. The van der Waals surface area contributed by atoms with Crippen molar-refractivity contribution in [1.82, 2.24) is 0 Å². The monoisotopic (exact) mass is 300 g/mol. The maximum Gasteiger partial charge on any atom is 0.151 e. The van der Waals surface area contributed by atoms with E-state index in [-0.39, 0.29) is 5.17 Å². The zero-order chi connectivity index (χ0) is 15.1. The van der Waals surface area contributed by atoms with Gasteiger partial charge in [-0.05, 0) is 36.6 Å². The third-order valence-electron chi connectivity index (χ3n) is 3.10. The number of ether oxygens (including phenoxy) is 1. The molecule has 0 amide bonds. The second-order valence-electron chi connectivity index (χ2n) is 4.88. The first-order valence-electron chi connectivity index (χ1n) is 6.87. The molecule has 4 heteroatoms. The van der Waals surface area contributed by atoms with Crippen molar-refractivity contribution < 1.29 is 4.74 Å². The molecule has 2 aromatic carbocycles. The molecule has 0 saturated heterocycles. The SMILES string of the molecule is Cc1ccc(COc2ccc(CCSC(=N)N)cc2)cc1. The van der Waals surface area contributed by atoms with E-state index in [1.54, 1.807) is 0 Å². The van der Waals surface area contributed by atoms with Crippen LogP contribution in [0.2, 0.25) is 0 Å². The molecule has 110 valence electrons. The van der Waals surface area contributed by atoms with Gasteiger partial charge in [-0.1, -0.05) is 53.7 Å². The number of benzene rings is 2. The van der Waals surface area contributed by atoms with Crippen molar-refractivity contribution >= 4 is 16.9 Å². The first-order valence-corrected chi connectivity index (χ1v) is 7.86. The molecule has 0 bridgehead atoms. The maximum atomic E-state index is 7.16. The van der Waals surface area contributed by atoms with Crippen molar-refractivity contribution in [3.05, 3.63) is 65.2 Å². The van der Waals surface area contributed by atoms with Crippen LogP contribution >= 0.6 is 11.8 Å². The molecule has 21 heavy (non-hydrogen) atoms. The van der Waals surface area contributed by atoms with Gasteiger partial charge in [0.15, 0.2) is 5.17 Å². The molecule has 0 fully saturated rings. The van der Waals surface area contributed by atoms with Crippen LogP contribution < -0.4 is 10.5 Å². The average molecular weight is 300 g/mol. The van der Waals surface area contributed by atoms with Crippen molar-refractivity contribution in [2.45, 2.75) is 20.0 Å². The second-order valence-corrected chi connectivity index (χ2v) is 6.02. The predicted molar refractivity (Wildman–Crippen MR) is 90.0 cm³/mol. The van der Waals surface area contributed by atoms with Crippen molar-refractivity contribution in [2.24, 2.45) is 5.73 Å². The molecule has 0 aliphatic carbocycles. The highest BCUT2D eigenvalue weighted by Gasteiger charge is 1.99. The Balaban J connectivity index is 1.81. The zero-order valence-corrected chi connectivity index (χ0v) is 13.0. The lowest BCUT2D eigenvalue weighted by Crippen LogP contribution is -2.05. The minimum absolute atomic E-state index is 0.174. The van der Waals surface area contributed by atoms with Crippen molar-refractivity contribution in [2.75, 3.05) is 5.75 Å². The summed E-state index contributed by atoms with van der Waals surface area (Å²) >= 11 is 1.37. The lowest BCUT2D eigenvalue weighted by Gasteiger charge is -2.07. The van der Waals surface area contributed by atoms with Crippen LogP contribution in [0.15, 0.2) is 48.5 Å². The van der Waals surface area contributed by atoms with E-state index in [1.807, 2.05) is 12.1 Å². The van der Waals surface area contributed by atoms with Crippen molar-refractivity contribution in [3.63, 3.8) is 0 Å². The van der Waals surface area contributed by atoms with Gasteiger partial charge in [0.25, 0.3) is 0 Å². The number of thioether (sulfide) groups is 1. The van der Waals surface area contributed by atoms with E-state index in [0.29, 0.717) is 6.61 Å². The molecule has 3 nitrogen and oxygen atoms in total. The van der Waals surface area contributed by atoms with Gasteiger partial charge in [-0.15, -0.1) is 0 Å². The summed E-state index contributed by atoms with van der Waals surface area (Å²) in [7, 11) is 0. The summed E-state index contributed by atoms with van der Waals surface area (Å²) in [6, 6.07) is 16.5. The van der Waals surface area contributed by atoms with Gasteiger partial charge in [-0.3, -0.25) is 5.41 Å². The molecule has 2 rings (SSSR count). The fraction of sp³-hybridized carbons (Fsp3) is 0.235. The maximum absolute atomic E-state index is 7.16. The normalized spacial score (nSPS) is 10.3. The smallest absolute Gasteiger partial charge is 0.151 e. The Hall–Kier alpha value is -1.94. The van der Waals surface area contributed by atoms with Gasteiger partial charge in [0.2, 0.25) is 0 Å². The van der Waals surface area contributed by atoms with Gasteiger partial charge in [0.1, 0.15) is 12.4 Å². The van der Waals surface area contributed by atoms with Crippen LogP contribution in [0, 0.1) is 12.3 Å². The molecule has 0 saturated carbocycles. The molecular formula is C17H20N2OS. The predicted octanol–water partition coefficient (Wildman–Crippen LogP) is 3.74. The molecule has 0 spiro atoms. The highest BCUT2D eigenvalue weighted by Crippen LogP contribution is 2.16. The third-order valence-corrected chi connectivity index (χ3v) is 3.82. The van der Waals surface area contributed by atoms with Crippen LogP contribution in [0.3, 0.4) is 0 Å². The summed E-state index contributed by atoms with van der Waals surface area (Å²) in [5.74, 6) is 1.71. The first kappa shape index (κ1) is 15.4. The topological polar surface area (TPSA) is 59.1 Å². The van der Waals surface area contributed by atoms with Crippen molar-refractivity contribution in [1.29, 1.82) is 5.41 Å². The minimum atomic E-state index is 0.174. The average Bonchev–Trinajstić information content (AvgIpc) is 2.48. The van der Waals surface area contributed by atoms with Gasteiger partial charge in [-0.25, -0.2) is 0 Å². The summed E-state index contributed by atoms with van der Waals surface area (Å²) in [5, 5.41) is 7.34. The van der Waals surface area contributed by atoms with Crippen LogP contribution in [-0.2, 0) is 13.0 Å². The molecule has 0 unspecified atom stereocenters. The standard InChI is InChI=1S/C17H20N2OS/c1-13-2-4-15(5-3-13)12-20-16-8-6-14(7-9-16)10-11-21-17(18)19/h2-9H,10-12H2,1H3,(H3,18,19). The summed E-state index contributed by atoms with van der Waals surface area (Å²) in [5.41, 5.74) is 8.96. The highest BCUT2D eigenvalue weighted by molar-refractivity contribution is 8.13. The van der Waals surface area contributed by atoms with Crippen LogP contribution in [0.5, 0.6) is 5.75 Å². The number of nitrogens with one attached hydrogen (secondary N) is 1. The number of nitrogens with two attached hydrogens (primary N) is 1. The Bertz CT molecular complexity index is 579. The Morgan fingerprint density at radius 2 is 1.67 bits per heavy atom. The summed E-state index contributed by atoms with van der Waals surface area (Å²) < 4.78 is 5.77. The summed E-state index contributed by atoms with van der Waals surface area (Å²) in [6.07, 6.45) is 0.905. The molecule has 0 heterocycles. The Kier molecular flexibility index (Phi) is 5.69. The molecule has 2 aromatic rings. The van der Waals surface area contributed by atoms with E-state index in [9.17, 15) is 0 Å². The quantitative estimate of drug-likeness (QED) is 0.631. The fourth-order valence-electron chi connectivity index (χ4n) is 1.88. The third kappa shape index (κ3) is 5.52. The van der Waals surface area contributed by atoms with Crippen molar-refractivity contribution in [3.8, 4) is 5.75 Å². The highest BCUT2D eigenvalue weighted by atomic mass is 32.2. The number of hydrogen-bond donors (Lipinski definition) is 2. The van der Waals surface area contributed by atoms with Gasteiger partial charge >= 0.3 is 0 Å². The van der Waals surface area contributed by atoms with E-state index >= 15 is 0 Å². The van der Waals surface area contributed by atoms with Gasteiger partial charge in [0.05, 0.1) is 0 Å². The van der Waals surface area contributed by atoms with Crippen LogP contribution in [-0.4, -0.2) is 10.9 Å². The number of aryl methyl sites for hydroxylation is 2. The molecular weight excluding hydrogens is 280 g/mol. The Morgan fingerprint density at radius 3 is 2.29 bits per heavy atom. The van der Waals surface area contributed by atoms with Gasteiger partial charge in [0, 0.05) is 5.75 Å². The Morgan fingerprint density at radius 1 is 1.05 bits per heavy atom. The number of rotatable bonds is 6. The second kappa shape index (κ2) is 7.74. The molecule has 3 N–H and O–H groups in total. The van der Waals surface area contributed by atoms with Crippen LogP contribution in [0.4, 0.5) is 0 Å². The lowest BCUT2D eigenvalue weighted by molar-refractivity contribution is 0.306. The number of hydrogen-bond acceptors (Lipinski definition) is 3. The van der Waals surface area contributed by atoms with Crippen LogP contribution in [0.25, 0.3) is 0 Å². The summed E-state index contributed by atoms with van der Waals surface area (Å²) in [4.78, 5) is 0. The number of amidine groups is 1. The Labute approximate surface area is 130 Å². The van der Waals surface area contributed by atoms with E-state index in [2.05, 4.69) is 43.3 Å². The van der Waals surface area contributed by atoms with E-state index in [0.717, 1.165) is 17.9 Å². The van der Waals surface area contributed by atoms with Crippen LogP contribution in [0.1, 0.15) is 16.7 Å². The molecule has 0 radical (unpaired) electrons. The lowest BCUT2D eigenvalue weighted by atomic mass is 10.1. The van der Waals surface area contributed by atoms with E-state index in [1.165, 1.54) is 28.5 Å². The van der Waals surface area contributed by atoms with E-state index < -0.39 is 0 Å².